The van der Waals surface area contributed by atoms with Crippen LogP contribution in [0.25, 0.3) is 0 Å². The van der Waals surface area contributed by atoms with Crippen LogP contribution in [0.2, 0.25) is 0 Å². The molecular weight excluding hydrogens is 540 g/mol. The largest absolute Gasteiger partial charge is 0.494 e. The number of terminal acetylenes is 1. The number of ether oxygens (including phenoxy) is 2. The number of hydrogen-bond donors (Lipinski definition) is 0. The highest BCUT2D eigenvalue weighted by Crippen LogP contribution is 2.41. The van der Waals surface area contributed by atoms with Gasteiger partial charge in [-0.3, -0.25) is 4.79 Å². The Bertz CT molecular complexity index is 1330. The molecular formula is C32H32F4O3S. The van der Waals surface area contributed by atoms with Gasteiger partial charge in [-0.15, -0.1) is 6.42 Å². The van der Waals surface area contributed by atoms with E-state index in [0.29, 0.717) is 34.6 Å². The van der Waals surface area contributed by atoms with Crippen LogP contribution in [0.15, 0.2) is 77.7 Å². The summed E-state index contributed by atoms with van der Waals surface area (Å²) in [6.45, 7) is 7.39. The van der Waals surface area contributed by atoms with E-state index in [1.165, 1.54) is 18.2 Å². The molecule has 0 bridgehead atoms. The minimum Gasteiger partial charge on any atom is -0.494 e. The van der Waals surface area contributed by atoms with Gasteiger partial charge in [0.15, 0.2) is 11.8 Å². The lowest BCUT2D eigenvalue weighted by Crippen LogP contribution is -2.24. The van der Waals surface area contributed by atoms with Gasteiger partial charge in [0.05, 0.1) is 12.5 Å². The van der Waals surface area contributed by atoms with Gasteiger partial charge in [0.1, 0.15) is 5.75 Å². The summed E-state index contributed by atoms with van der Waals surface area (Å²) in [5.74, 6) is 0.963. The molecule has 3 rings (SSSR count). The van der Waals surface area contributed by atoms with Gasteiger partial charge in [0, 0.05) is 10.5 Å². The fraction of sp³-hybridized carbons (Fsp3) is 0.344. The molecule has 0 N–H and O–H groups in total. The fourth-order valence-electron chi connectivity index (χ4n) is 4.62. The Balaban J connectivity index is 1.99. The van der Waals surface area contributed by atoms with Crippen molar-refractivity contribution in [2.24, 2.45) is 5.92 Å². The van der Waals surface area contributed by atoms with Crippen molar-refractivity contribution >= 4 is 17.7 Å². The molecule has 0 saturated carbocycles. The molecule has 0 fully saturated rings. The molecule has 0 amide bonds. The van der Waals surface area contributed by atoms with E-state index in [1.807, 2.05) is 0 Å². The van der Waals surface area contributed by atoms with Crippen molar-refractivity contribution < 1.29 is 31.8 Å². The molecule has 3 atom stereocenters. The number of carbonyl (C=O) groups excluding carboxylic acids is 1. The summed E-state index contributed by atoms with van der Waals surface area (Å²) in [7, 11) is 0. The highest BCUT2D eigenvalue weighted by molar-refractivity contribution is 8.00. The number of halogens is 4. The minimum absolute atomic E-state index is 0.0363. The Morgan fingerprint density at radius 1 is 0.925 bits per heavy atom. The molecule has 8 heteroatoms. The molecule has 3 aromatic rings. The summed E-state index contributed by atoms with van der Waals surface area (Å²) in [5, 5.41) is 0. The van der Waals surface area contributed by atoms with Gasteiger partial charge in [-0.05, 0) is 78.0 Å². The van der Waals surface area contributed by atoms with E-state index in [1.54, 1.807) is 82.3 Å². The number of rotatable bonds is 11. The molecule has 40 heavy (non-hydrogen) atoms. The lowest BCUT2D eigenvalue weighted by molar-refractivity contribution is -0.149. The van der Waals surface area contributed by atoms with E-state index in [-0.39, 0.29) is 29.0 Å². The second kappa shape index (κ2) is 13.3. The number of carbonyl (C=O) groups is 1. The van der Waals surface area contributed by atoms with Crippen molar-refractivity contribution in [2.45, 2.75) is 62.2 Å². The zero-order chi connectivity index (χ0) is 29.5. The van der Waals surface area contributed by atoms with Crippen molar-refractivity contribution in [1.82, 2.24) is 0 Å². The van der Waals surface area contributed by atoms with Gasteiger partial charge >= 0.3 is 11.5 Å². The fourth-order valence-corrected chi connectivity index (χ4v) is 5.22. The van der Waals surface area contributed by atoms with E-state index in [0.717, 1.165) is 0 Å². The minimum atomic E-state index is -4.46. The van der Waals surface area contributed by atoms with Gasteiger partial charge in [-0.25, -0.2) is 4.39 Å². The smallest absolute Gasteiger partial charge is 0.446 e. The third-order valence-electron chi connectivity index (χ3n) is 6.48. The average Bonchev–Trinajstić information content (AvgIpc) is 2.91. The number of thioether (sulfide) groups is 1. The Kier molecular flexibility index (Phi) is 10.3. The number of hydrogen-bond acceptors (Lipinski definition) is 4. The molecule has 0 heterocycles. The number of alkyl halides is 4. The summed E-state index contributed by atoms with van der Waals surface area (Å²) < 4.78 is 66.8. The number of esters is 1. The monoisotopic (exact) mass is 572 g/mol. The van der Waals surface area contributed by atoms with E-state index in [2.05, 4.69) is 5.92 Å². The molecule has 0 spiro atoms. The molecule has 0 radical (unpaired) electrons. The first-order valence-electron chi connectivity index (χ1n) is 13.0. The van der Waals surface area contributed by atoms with Gasteiger partial charge in [0.25, 0.3) is 0 Å². The van der Waals surface area contributed by atoms with E-state index < -0.39 is 29.2 Å². The Morgan fingerprint density at radius 2 is 1.62 bits per heavy atom. The van der Waals surface area contributed by atoms with Crippen LogP contribution in [0.1, 0.15) is 68.4 Å². The predicted octanol–water partition coefficient (Wildman–Crippen LogP) is 8.98. The Labute approximate surface area is 237 Å². The summed E-state index contributed by atoms with van der Waals surface area (Å²) in [6, 6.07) is 19.2. The first kappa shape index (κ1) is 31.1. The average molecular weight is 573 g/mol. The Hall–Kier alpha value is -3.44. The standard InChI is InChI=1S/C32H32F4O3S/c1-6-28(39-30(37)29(21(4)5)22-13-12-16-27(19-22)40-32(34,35)36)23-17-25(20-26(18-23)38-8-3)31(33,7-2)24-14-10-9-11-15-24/h1,9-21,28-29H,7-8H2,2-5H3. The Morgan fingerprint density at radius 3 is 2.20 bits per heavy atom. The third kappa shape index (κ3) is 7.60. The zero-order valence-electron chi connectivity index (χ0n) is 22.8. The summed E-state index contributed by atoms with van der Waals surface area (Å²) in [6.07, 6.45) is 4.75. The zero-order valence-corrected chi connectivity index (χ0v) is 23.6. The van der Waals surface area contributed by atoms with E-state index in [4.69, 9.17) is 15.9 Å². The van der Waals surface area contributed by atoms with Gasteiger partial charge < -0.3 is 9.47 Å². The molecule has 0 aliphatic rings. The summed E-state index contributed by atoms with van der Waals surface area (Å²) >= 11 is -0.253. The molecule has 0 aliphatic heterocycles. The lowest BCUT2D eigenvalue weighted by atomic mass is 9.84. The van der Waals surface area contributed by atoms with E-state index in [9.17, 15) is 18.0 Å². The first-order valence-corrected chi connectivity index (χ1v) is 13.8. The lowest BCUT2D eigenvalue weighted by Gasteiger charge is -2.27. The predicted molar refractivity (Wildman–Crippen MR) is 150 cm³/mol. The van der Waals surface area contributed by atoms with Crippen LogP contribution in [0.4, 0.5) is 17.6 Å². The van der Waals surface area contributed by atoms with Crippen LogP contribution < -0.4 is 4.74 Å². The maximum atomic E-state index is 16.5. The second-order valence-corrected chi connectivity index (χ2v) is 10.7. The SMILES string of the molecule is C#CC(OC(=O)C(c1cccc(SC(F)(F)F)c1)C(C)C)c1cc(OCC)cc(C(F)(CC)c2ccccc2)c1. The van der Waals surface area contributed by atoms with Crippen LogP contribution in [-0.2, 0) is 15.2 Å². The highest BCUT2D eigenvalue weighted by atomic mass is 32.2. The van der Waals surface area contributed by atoms with Gasteiger partial charge in [-0.1, -0.05) is 69.2 Å². The normalized spacial score (nSPS) is 14.6. The number of benzene rings is 3. The van der Waals surface area contributed by atoms with Crippen molar-refractivity contribution in [1.29, 1.82) is 0 Å². The van der Waals surface area contributed by atoms with Gasteiger partial charge in [0.2, 0.25) is 0 Å². The van der Waals surface area contributed by atoms with Crippen molar-refractivity contribution in [3.8, 4) is 18.1 Å². The maximum absolute atomic E-state index is 16.5. The molecule has 3 unspecified atom stereocenters. The third-order valence-corrected chi connectivity index (χ3v) is 7.20. The topological polar surface area (TPSA) is 35.5 Å². The van der Waals surface area contributed by atoms with Crippen LogP contribution >= 0.6 is 11.8 Å². The quantitative estimate of drug-likeness (QED) is 0.0994. The molecule has 3 aromatic carbocycles. The molecule has 212 valence electrons. The first-order chi connectivity index (χ1) is 18.9. The summed E-state index contributed by atoms with van der Waals surface area (Å²) in [4.78, 5) is 13.4. The molecule has 0 saturated heterocycles. The summed E-state index contributed by atoms with van der Waals surface area (Å²) in [5.41, 5.74) is -4.82. The van der Waals surface area contributed by atoms with Crippen LogP contribution in [0.5, 0.6) is 5.75 Å². The van der Waals surface area contributed by atoms with Crippen molar-refractivity contribution in [3.05, 3.63) is 95.1 Å². The molecule has 0 aliphatic carbocycles. The molecule has 3 nitrogen and oxygen atoms in total. The second-order valence-electron chi connectivity index (χ2n) is 9.57. The maximum Gasteiger partial charge on any atom is 0.446 e. The van der Waals surface area contributed by atoms with Gasteiger partial charge in [-0.2, -0.15) is 13.2 Å². The van der Waals surface area contributed by atoms with Crippen LogP contribution in [0.3, 0.4) is 0 Å². The van der Waals surface area contributed by atoms with Crippen molar-refractivity contribution in [2.75, 3.05) is 6.61 Å². The van der Waals surface area contributed by atoms with E-state index >= 15 is 4.39 Å². The van der Waals surface area contributed by atoms with Crippen LogP contribution in [-0.4, -0.2) is 18.1 Å². The van der Waals surface area contributed by atoms with Crippen molar-refractivity contribution in [3.63, 3.8) is 0 Å². The highest BCUT2D eigenvalue weighted by Gasteiger charge is 2.35. The molecule has 0 aromatic heterocycles. The van der Waals surface area contributed by atoms with Crippen LogP contribution in [0, 0.1) is 18.3 Å².